The van der Waals surface area contributed by atoms with Crippen molar-refractivity contribution in [1.29, 1.82) is 0 Å². The maximum Gasteiger partial charge on any atom is 1.00 e. The van der Waals surface area contributed by atoms with Gasteiger partial charge in [-0.15, -0.1) is 40.6 Å². The molecule has 1 aliphatic carbocycles. The van der Waals surface area contributed by atoms with E-state index in [1.807, 2.05) is 0 Å². The first-order valence-electron chi connectivity index (χ1n) is 7.94. The number of fused-ring (bicyclic) bond motifs is 2. The molecule has 0 bridgehead atoms. The van der Waals surface area contributed by atoms with Crippen molar-refractivity contribution in [2.45, 2.75) is 34.1 Å². The first kappa shape index (κ1) is 17.7. The van der Waals surface area contributed by atoms with E-state index in [4.69, 9.17) is 0 Å². The van der Waals surface area contributed by atoms with Crippen LogP contribution in [-0.4, -0.2) is 0 Å². The number of allylic oxidation sites excluding steroid dienone is 2. The maximum absolute atomic E-state index is 2.24. The Morgan fingerprint density at radius 2 is 1.48 bits per heavy atom. The van der Waals surface area contributed by atoms with E-state index in [-0.39, 0.29) is 18.9 Å². The molecule has 3 aromatic carbocycles. The Morgan fingerprint density at radius 3 is 2.17 bits per heavy atom. The van der Waals surface area contributed by atoms with Crippen LogP contribution in [0.2, 0.25) is 0 Å². The van der Waals surface area contributed by atoms with Crippen LogP contribution in [0.5, 0.6) is 0 Å². The van der Waals surface area contributed by atoms with Crippen molar-refractivity contribution in [3.8, 4) is 0 Å². The van der Waals surface area contributed by atoms with Gasteiger partial charge in [-0.05, 0) is 37.0 Å². The fourth-order valence-electron chi connectivity index (χ4n) is 3.21. The molecule has 1 aliphatic rings. The van der Waals surface area contributed by atoms with Crippen LogP contribution in [0.4, 0.5) is 0 Å². The molecule has 0 amide bonds. The van der Waals surface area contributed by atoms with Gasteiger partial charge in [0, 0.05) is 0 Å². The van der Waals surface area contributed by atoms with E-state index in [0.29, 0.717) is 0 Å². The molecule has 0 N–H and O–H groups in total. The molecular weight excluding hydrogens is 271 g/mol. The topological polar surface area (TPSA) is 0 Å². The van der Waals surface area contributed by atoms with E-state index in [1.54, 1.807) is 0 Å². The van der Waals surface area contributed by atoms with Crippen molar-refractivity contribution in [2.75, 3.05) is 0 Å². The summed E-state index contributed by atoms with van der Waals surface area (Å²) in [5, 5.41) is 2.76. The van der Waals surface area contributed by atoms with Gasteiger partial charge in [-0.25, -0.2) is 0 Å². The van der Waals surface area contributed by atoms with Gasteiger partial charge in [-0.1, -0.05) is 49.8 Å². The summed E-state index contributed by atoms with van der Waals surface area (Å²) in [6.45, 7) is 8.77. The zero-order valence-electron chi connectivity index (χ0n) is 14.9. The molecule has 0 fully saturated rings. The molecule has 0 unspecified atom stereocenters. The van der Waals surface area contributed by atoms with Crippen molar-refractivity contribution in [1.82, 2.24) is 0 Å². The Hall–Kier alpha value is -1.61. The molecule has 1 heteroatoms. The molecule has 0 atom stereocenters. The summed E-state index contributed by atoms with van der Waals surface area (Å²) in [6, 6.07) is 19.4. The summed E-state index contributed by atoms with van der Waals surface area (Å²) in [7, 11) is 0. The minimum absolute atomic E-state index is 0. The van der Waals surface area contributed by atoms with E-state index in [9.17, 15) is 0 Å². The van der Waals surface area contributed by atoms with Crippen LogP contribution in [-0.2, 0) is 6.42 Å². The molecular formula is C22H23Li. The van der Waals surface area contributed by atoms with Crippen molar-refractivity contribution < 1.29 is 18.9 Å². The van der Waals surface area contributed by atoms with Gasteiger partial charge in [-0.3, -0.25) is 0 Å². The van der Waals surface area contributed by atoms with Crippen molar-refractivity contribution in [2.24, 2.45) is 0 Å². The van der Waals surface area contributed by atoms with Crippen molar-refractivity contribution >= 4 is 16.3 Å². The molecule has 23 heavy (non-hydrogen) atoms. The van der Waals surface area contributed by atoms with Crippen molar-refractivity contribution in [3.05, 3.63) is 82.4 Å². The minimum Gasteiger partial charge on any atom is -0.154 e. The second-order valence-electron chi connectivity index (χ2n) is 6.28. The number of benzene rings is 2. The van der Waals surface area contributed by atoms with Crippen LogP contribution in [0.15, 0.2) is 60.2 Å². The predicted molar refractivity (Wildman–Crippen MR) is 97.4 cm³/mol. The molecule has 0 spiro atoms. The Bertz CT molecular complexity index is 849. The fourth-order valence-corrected chi connectivity index (χ4v) is 3.21. The van der Waals surface area contributed by atoms with E-state index in [1.165, 1.54) is 44.2 Å². The Kier molecular flexibility index (Phi) is 5.63. The number of aryl methyl sites for hydroxylation is 2. The average Bonchev–Trinajstić information content (AvgIpc) is 2.98. The summed E-state index contributed by atoms with van der Waals surface area (Å²) in [4.78, 5) is 0. The Labute approximate surface area is 151 Å². The molecule has 0 nitrogen and oxygen atoms in total. The molecule has 0 aliphatic heterocycles. The van der Waals surface area contributed by atoms with Gasteiger partial charge >= 0.3 is 18.9 Å². The molecule has 3 aromatic rings. The summed E-state index contributed by atoms with van der Waals surface area (Å²) in [5.74, 6) is 0. The van der Waals surface area contributed by atoms with Crippen LogP contribution in [0.3, 0.4) is 0 Å². The first-order chi connectivity index (χ1) is 10.6. The molecule has 0 saturated carbocycles. The zero-order valence-corrected chi connectivity index (χ0v) is 14.9. The minimum atomic E-state index is 0. The summed E-state index contributed by atoms with van der Waals surface area (Å²) < 4.78 is 0. The summed E-state index contributed by atoms with van der Waals surface area (Å²) in [5.41, 5.74) is 8.74. The number of hydrogen-bond acceptors (Lipinski definition) is 0. The number of hydrogen-bond donors (Lipinski definition) is 0. The third kappa shape index (κ3) is 3.50. The van der Waals surface area contributed by atoms with Crippen LogP contribution >= 0.6 is 0 Å². The second kappa shape index (κ2) is 7.31. The van der Waals surface area contributed by atoms with Gasteiger partial charge in [0.15, 0.2) is 0 Å². The maximum atomic E-state index is 2.24. The van der Waals surface area contributed by atoms with Gasteiger partial charge in [0.05, 0.1) is 0 Å². The smallest absolute Gasteiger partial charge is 0.154 e. The number of rotatable bonds is 0. The quantitative estimate of drug-likeness (QED) is 0.441. The summed E-state index contributed by atoms with van der Waals surface area (Å²) >= 11 is 0. The van der Waals surface area contributed by atoms with Gasteiger partial charge in [-0.2, -0.15) is 5.56 Å². The molecule has 0 heterocycles. The largest absolute Gasteiger partial charge is 1.00 e. The third-order valence-electron chi connectivity index (χ3n) is 4.85. The van der Waals surface area contributed by atoms with Gasteiger partial charge in [0.2, 0.25) is 0 Å². The van der Waals surface area contributed by atoms with Gasteiger partial charge in [0.1, 0.15) is 0 Å². The standard InChI is InChI=1S/C11H12.C11H11.Li/c2*1-8-7-10-5-3-4-6-11(10)9(8)2;/h3-6H,7H2,1-2H3;3-7H,1-2H3;/q;-1;+1. The third-order valence-corrected chi connectivity index (χ3v) is 4.85. The molecule has 4 rings (SSSR count). The van der Waals surface area contributed by atoms with E-state index < -0.39 is 0 Å². The predicted octanol–water partition coefficient (Wildman–Crippen LogP) is 3.22. The van der Waals surface area contributed by atoms with Crippen LogP contribution in [0, 0.1) is 13.8 Å². The van der Waals surface area contributed by atoms with Crippen LogP contribution in [0.1, 0.15) is 36.1 Å². The first-order valence-corrected chi connectivity index (χ1v) is 7.94. The average molecular weight is 294 g/mol. The zero-order chi connectivity index (χ0) is 15.7. The molecule has 112 valence electrons. The normalized spacial score (nSPS) is 12.5. The van der Waals surface area contributed by atoms with E-state index in [2.05, 4.69) is 82.3 Å². The second-order valence-corrected chi connectivity index (χ2v) is 6.28. The Morgan fingerprint density at radius 1 is 0.826 bits per heavy atom. The van der Waals surface area contributed by atoms with E-state index >= 15 is 0 Å². The van der Waals surface area contributed by atoms with Gasteiger partial charge in [0.25, 0.3) is 0 Å². The van der Waals surface area contributed by atoms with E-state index in [0.717, 1.165) is 6.42 Å². The summed E-state index contributed by atoms with van der Waals surface area (Å²) in [6.07, 6.45) is 1.15. The van der Waals surface area contributed by atoms with Gasteiger partial charge < -0.3 is 0 Å². The fraction of sp³-hybridized carbons (Fsp3) is 0.227. The Balaban J connectivity index is 0.000000160. The van der Waals surface area contributed by atoms with Crippen LogP contribution < -0.4 is 18.9 Å². The molecule has 0 radical (unpaired) electrons. The molecule has 0 saturated heterocycles. The SMILES string of the molecule is CC1=C(C)c2ccccc2C1.Cc1[cH-]c2ccccc2c1C.[Li+]. The monoisotopic (exact) mass is 294 g/mol. The van der Waals surface area contributed by atoms with Crippen LogP contribution in [0.25, 0.3) is 16.3 Å². The van der Waals surface area contributed by atoms with Crippen molar-refractivity contribution in [3.63, 3.8) is 0 Å². The molecule has 0 aromatic heterocycles.